The molecule has 1 aliphatic carbocycles. The number of rotatable bonds is 12. The van der Waals surface area contributed by atoms with E-state index in [0.29, 0.717) is 49.2 Å². The molecule has 1 aromatic rings. The maximum absolute atomic E-state index is 12.4. The number of hydrogen-bond donors (Lipinski definition) is 2. The Morgan fingerprint density at radius 3 is 2.53 bits per heavy atom. The van der Waals surface area contributed by atoms with Crippen molar-refractivity contribution in [1.29, 1.82) is 0 Å². The summed E-state index contributed by atoms with van der Waals surface area (Å²) in [7, 11) is 3.17. The molecule has 0 spiro atoms. The lowest BCUT2D eigenvalue weighted by atomic mass is 9.89. The first-order valence-corrected chi connectivity index (χ1v) is 10.5. The molecule has 7 heteroatoms. The number of unbranched alkanes of at least 4 members (excludes halogenated alkanes) is 3. The second kappa shape index (κ2) is 11.2. The summed E-state index contributed by atoms with van der Waals surface area (Å²) < 4.78 is 10.6. The van der Waals surface area contributed by atoms with Crippen LogP contribution in [0.1, 0.15) is 50.5 Å². The van der Waals surface area contributed by atoms with E-state index >= 15 is 0 Å². The van der Waals surface area contributed by atoms with Crippen LogP contribution in [0.2, 0.25) is 0 Å². The molecule has 2 rings (SSSR count). The van der Waals surface area contributed by atoms with Gasteiger partial charge in [0.05, 0.1) is 19.3 Å². The number of benzene rings is 1. The van der Waals surface area contributed by atoms with E-state index in [0.717, 1.165) is 18.4 Å². The number of ether oxygens (including phenoxy) is 2. The molecule has 6 nitrogen and oxygen atoms in total. The van der Waals surface area contributed by atoms with Crippen molar-refractivity contribution in [2.75, 3.05) is 14.2 Å². The average Bonchev–Trinajstić information content (AvgIpc) is 2.92. The highest BCUT2D eigenvalue weighted by Crippen LogP contribution is 2.37. The summed E-state index contributed by atoms with van der Waals surface area (Å²) >= 11 is 6.02. The molecule has 164 valence electrons. The zero-order valence-electron chi connectivity index (χ0n) is 17.4. The molecule has 0 aliphatic heterocycles. The lowest BCUT2D eigenvalue weighted by molar-refractivity contribution is -0.137. The summed E-state index contributed by atoms with van der Waals surface area (Å²) in [6.07, 6.45) is 7.73. The van der Waals surface area contributed by atoms with Gasteiger partial charge in [0.1, 0.15) is 5.60 Å². The molecule has 1 aromatic carbocycles. The van der Waals surface area contributed by atoms with Crippen LogP contribution in [0, 0.1) is 0 Å². The minimum absolute atomic E-state index is 0.0424. The van der Waals surface area contributed by atoms with Crippen molar-refractivity contribution in [2.24, 2.45) is 0 Å². The number of carbonyl (C=O) groups is 2. The lowest BCUT2D eigenvalue weighted by Crippen LogP contribution is -2.28. The van der Waals surface area contributed by atoms with Gasteiger partial charge in [-0.3, -0.25) is 9.59 Å². The minimum atomic E-state index is -1.37. The van der Waals surface area contributed by atoms with Crippen LogP contribution in [0.5, 0.6) is 11.5 Å². The molecular weight excluding hydrogens is 408 g/mol. The number of Topliss-reactive ketones (excluding diaryl/α,β-unsaturated/α-hetero) is 1. The number of hydrogen-bond acceptors (Lipinski definition) is 5. The van der Waals surface area contributed by atoms with E-state index < -0.39 is 11.6 Å². The molecule has 1 unspecified atom stereocenters. The van der Waals surface area contributed by atoms with Crippen molar-refractivity contribution in [1.82, 2.24) is 0 Å². The Bertz CT molecular complexity index is 829. The van der Waals surface area contributed by atoms with Crippen molar-refractivity contribution in [3.05, 3.63) is 46.5 Å². The number of aliphatic hydroxyl groups is 1. The van der Waals surface area contributed by atoms with Crippen molar-refractivity contribution in [3.63, 3.8) is 0 Å². The largest absolute Gasteiger partial charge is 0.493 e. The van der Waals surface area contributed by atoms with Crippen molar-refractivity contribution in [3.8, 4) is 11.5 Å². The molecule has 0 fully saturated rings. The molecule has 0 amide bonds. The molecular formula is C23H29ClO6. The minimum Gasteiger partial charge on any atom is -0.493 e. The van der Waals surface area contributed by atoms with E-state index in [9.17, 15) is 14.7 Å². The predicted octanol–water partition coefficient (Wildman–Crippen LogP) is 4.42. The summed E-state index contributed by atoms with van der Waals surface area (Å²) in [4.78, 5) is 22.9. The first-order chi connectivity index (χ1) is 14.3. The first kappa shape index (κ1) is 24.0. The molecule has 0 radical (unpaired) electrons. The zero-order valence-corrected chi connectivity index (χ0v) is 18.2. The van der Waals surface area contributed by atoms with Gasteiger partial charge < -0.3 is 19.7 Å². The number of aliphatic carboxylic acids is 1. The summed E-state index contributed by atoms with van der Waals surface area (Å²) in [6, 6.07) is 5.69. The Hall–Kier alpha value is -2.31. The van der Waals surface area contributed by atoms with Gasteiger partial charge in [0, 0.05) is 12.0 Å². The number of carboxylic acid groups (broad SMARTS) is 1. The predicted molar refractivity (Wildman–Crippen MR) is 115 cm³/mol. The van der Waals surface area contributed by atoms with E-state index in [1.807, 2.05) is 18.2 Å². The molecule has 1 aliphatic rings. The van der Waals surface area contributed by atoms with Gasteiger partial charge in [-0.25, -0.2) is 0 Å². The fourth-order valence-corrected chi connectivity index (χ4v) is 3.88. The van der Waals surface area contributed by atoms with Gasteiger partial charge in [-0.2, -0.15) is 0 Å². The van der Waals surface area contributed by atoms with E-state index in [1.165, 1.54) is 6.08 Å². The van der Waals surface area contributed by atoms with E-state index in [1.54, 1.807) is 20.3 Å². The maximum Gasteiger partial charge on any atom is 0.303 e. The fraction of sp³-hybridized carbons (Fsp3) is 0.478. The Balaban J connectivity index is 1.95. The molecule has 30 heavy (non-hydrogen) atoms. The van der Waals surface area contributed by atoms with Crippen LogP contribution in [0.25, 0.3) is 0 Å². The average molecular weight is 437 g/mol. The number of carbonyl (C=O) groups excluding carboxylic acids is 1. The van der Waals surface area contributed by atoms with Crippen LogP contribution in [0.4, 0.5) is 0 Å². The highest BCUT2D eigenvalue weighted by Gasteiger charge is 2.40. The van der Waals surface area contributed by atoms with Gasteiger partial charge in [0.25, 0.3) is 0 Å². The molecule has 1 atom stereocenters. The smallest absolute Gasteiger partial charge is 0.303 e. The van der Waals surface area contributed by atoms with Crippen molar-refractivity contribution >= 4 is 23.4 Å². The topological polar surface area (TPSA) is 93.1 Å². The van der Waals surface area contributed by atoms with Crippen LogP contribution in [0.3, 0.4) is 0 Å². The molecule has 0 saturated carbocycles. The monoisotopic (exact) mass is 436 g/mol. The van der Waals surface area contributed by atoms with E-state index in [2.05, 4.69) is 0 Å². The third-order valence-corrected chi connectivity index (χ3v) is 5.49. The lowest BCUT2D eigenvalue weighted by Gasteiger charge is -2.22. The fourth-order valence-electron chi connectivity index (χ4n) is 3.60. The van der Waals surface area contributed by atoms with Gasteiger partial charge in [0.2, 0.25) is 5.78 Å². The zero-order chi connectivity index (χ0) is 22.1. The maximum atomic E-state index is 12.4. The van der Waals surface area contributed by atoms with Crippen molar-refractivity contribution < 1.29 is 29.3 Å². The number of methoxy groups -OCH3 is 2. The second-order valence-electron chi connectivity index (χ2n) is 7.40. The molecule has 0 aromatic heterocycles. The highest BCUT2D eigenvalue weighted by atomic mass is 35.5. The molecule has 0 heterocycles. The summed E-state index contributed by atoms with van der Waals surface area (Å²) in [5, 5.41) is 19.8. The summed E-state index contributed by atoms with van der Waals surface area (Å²) in [5.41, 5.74) is -0.0103. The first-order valence-electron chi connectivity index (χ1n) is 10.1. The summed E-state index contributed by atoms with van der Waals surface area (Å²) in [5.74, 6) is 0.163. The highest BCUT2D eigenvalue weighted by molar-refractivity contribution is 6.46. The number of halogens is 1. The Morgan fingerprint density at radius 2 is 1.87 bits per heavy atom. The van der Waals surface area contributed by atoms with E-state index in [4.69, 9.17) is 26.2 Å². The van der Waals surface area contributed by atoms with Crippen LogP contribution < -0.4 is 9.47 Å². The van der Waals surface area contributed by atoms with Gasteiger partial charge >= 0.3 is 5.97 Å². The molecule has 2 N–H and O–H groups in total. The second-order valence-corrected chi connectivity index (χ2v) is 7.81. The Morgan fingerprint density at radius 1 is 1.13 bits per heavy atom. The van der Waals surface area contributed by atoms with Crippen molar-refractivity contribution in [2.45, 2.75) is 57.0 Å². The standard InChI is InChI=1S/C23H29ClO6/c1-29-19-12-11-16(14-20(19)30-2)8-7-13-23(28)15-18(24)22(27)17(23)9-5-3-4-6-10-21(25)26/h9,11-12,14-15,28H,3-8,10,13H2,1-2H3,(H,25,26). The third kappa shape index (κ3) is 6.34. The third-order valence-electron chi connectivity index (χ3n) is 5.21. The van der Waals surface area contributed by atoms with Gasteiger partial charge in [-0.05, 0) is 62.3 Å². The number of carboxylic acids is 1. The van der Waals surface area contributed by atoms with Gasteiger partial charge in [0.15, 0.2) is 11.5 Å². The van der Waals surface area contributed by atoms with Crippen LogP contribution >= 0.6 is 11.6 Å². The Kier molecular flexibility index (Phi) is 8.93. The normalized spacial score (nSPS) is 19.8. The van der Waals surface area contributed by atoms with Crippen LogP contribution in [0.15, 0.2) is 41.0 Å². The van der Waals surface area contributed by atoms with E-state index in [-0.39, 0.29) is 17.2 Å². The van der Waals surface area contributed by atoms with Gasteiger partial charge in [-0.15, -0.1) is 0 Å². The molecule has 0 bridgehead atoms. The summed E-state index contributed by atoms with van der Waals surface area (Å²) in [6.45, 7) is 0. The number of allylic oxidation sites excluding steroid dienone is 2. The SMILES string of the molecule is COc1ccc(CCCC2(O)C=C(Cl)C(=O)C2=CCCCCCC(=O)O)cc1OC. The quantitative estimate of drug-likeness (QED) is 0.372. The number of ketones is 1. The molecule has 0 saturated heterocycles. The van der Waals surface area contributed by atoms with Gasteiger partial charge in [-0.1, -0.05) is 30.2 Å². The number of aryl methyl sites for hydroxylation is 1. The van der Waals surface area contributed by atoms with Crippen LogP contribution in [-0.2, 0) is 16.0 Å². The van der Waals surface area contributed by atoms with Crippen LogP contribution in [-0.4, -0.2) is 41.8 Å². The Labute approximate surface area is 182 Å².